The van der Waals surface area contributed by atoms with Gasteiger partial charge in [-0.2, -0.15) is 0 Å². The first kappa shape index (κ1) is 24.6. The third-order valence-corrected chi connectivity index (χ3v) is 7.25. The highest BCUT2D eigenvalue weighted by molar-refractivity contribution is 5.98. The zero-order valence-corrected chi connectivity index (χ0v) is 22.4. The smallest absolute Gasteiger partial charge is 0.222 e. The molecular weight excluding hydrogens is 454 g/mol. The van der Waals surface area contributed by atoms with Crippen LogP contribution in [0.3, 0.4) is 0 Å². The second-order valence-corrected chi connectivity index (χ2v) is 9.70. The average molecular weight is 490 g/mol. The van der Waals surface area contributed by atoms with Crippen molar-refractivity contribution < 1.29 is 4.74 Å². The van der Waals surface area contributed by atoms with Gasteiger partial charge < -0.3 is 14.5 Å². The molecule has 0 fully saturated rings. The second-order valence-electron chi connectivity index (χ2n) is 9.70. The van der Waals surface area contributed by atoms with Crippen molar-refractivity contribution in [1.29, 1.82) is 0 Å². The van der Waals surface area contributed by atoms with Crippen molar-refractivity contribution in [3.05, 3.63) is 125 Å². The van der Waals surface area contributed by atoms with Crippen LogP contribution in [0.4, 0.5) is 17.1 Å². The van der Waals surface area contributed by atoms with Gasteiger partial charge in [-0.05, 0) is 62.7 Å². The molecule has 0 spiro atoms. The quantitative estimate of drug-likeness (QED) is 0.272. The lowest BCUT2D eigenvalue weighted by Gasteiger charge is -2.40. The molecule has 1 heterocycles. The number of benzene rings is 4. The highest BCUT2D eigenvalue weighted by atomic mass is 16.5. The van der Waals surface area contributed by atoms with E-state index >= 15 is 0 Å². The van der Waals surface area contributed by atoms with E-state index < -0.39 is 5.60 Å². The van der Waals surface area contributed by atoms with Gasteiger partial charge >= 0.3 is 0 Å². The van der Waals surface area contributed by atoms with Crippen LogP contribution >= 0.6 is 0 Å². The molecule has 0 saturated heterocycles. The first-order valence-electron chi connectivity index (χ1n) is 13.0. The van der Waals surface area contributed by atoms with Gasteiger partial charge in [-0.25, -0.2) is 4.99 Å². The van der Waals surface area contributed by atoms with Crippen molar-refractivity contribution in [2.75, 3.05) is 37.0 Å². The van der Waals surface area contributed by atoms with Crippen molar-refractivity contribution in [3.63, 3.8) is 0 Å². The second kappa shape index (κ2) is 10.1. The predicted molar refractivity (Wildman–Crippen MR) is 156 cm³/mol. The van der Waals surface area contributed by atoms with E-state index in [-0.39, 0.29) is 0 Å². The van der Waals surface area contributed by atoms with E-state index in [9.17, 15) is 0 Å². The molecule has 4 heteroatoms. The van der Waals surface area contributed by atoms with E-state index in [1.165, 1.54) is 11.3 Å². The Labute approximate surface area is 220 Å². The van der Waals surface area contributed by atoms with Gasteiger partial charge in [0.25, 0.3) is 0 Å². The van der Waals surface area contributed by atoms with E-state index in [4.69, 9.17) is 9.73 Å². The Morgan fingerprint density at radius 1 is 0.757 bits per heavy atom. The summed E-state index contributed by atoms with van der Waals surface area (Å²) in [7, 11) is 4.15. The molecule has 4 aromatic rings. The number of aliphatic imine (C=N–C) groups is 1. The number of aryl methyl sites for hydroxylation is 1. The van der Waals surface area contributed by atoms with Gasteiger partial charge in [0.05, 0.1) is 5.69 Å². The fraction of sp³-hybridized carbons (Fsp3) is 0.242. The Morgan fingerprint density at radius 2 is 1.35 bits per heavy atom. The Bertz CT molecular complexity index is 1390. The topological polar surface area (TPSA) is 28.1 Å². The molecule has 0 amide bonds. The molecule has 1 aliphatic heterocycles. The maximum atomic E-state index is 7.09. The SMILES string of the molecule is CCN(CC)c1ccc(C2(c3ccccc3)OC(c3ccccc3)=Nc3cc(N(C)C)c(C)cc32)cc1. The zero-order chi connectivity index (χ0) is 26.0. The van der Waals surface area contributed by atoms with Crippen LogP contribution in [0.25, 0.3) is 0 Å². The van der Waals surface area contributed by atoms with Crippen LogP contribution in [0.2, 0.25) is 0 Å². The molecular formula is C33H35N3O. The van der Waals surface area contributed by atoms with Crippen molar-refractivity contribution in [2.45, 2.75) is 26.4 Å². The fourth-order valence-electron chi connectivity index (χ4n) is 5.34. The van der Waals surface area contributed by atoms with Gasteiger partial charge in [0.2, 0.25) is 5.90 Å². The Kier molecular flexibility index (Phi) is 6.75. The van der Waals surface area contributed by atoms with Gasteiger partial charge in [-0.1, -0.05) is 60.7 Å². The molecule has 5 rings (SSSR count). The third kappa shape index (κ3) is 4.37. The van der Waals surface area contributed by atoms with Gasteiger partial charge in [0.1, 0.15) is 0 Å². The predicted octanol–water partition coefficient (Wildman–Crippen LogP) is 7.31. The van der Waals surface area contributed by atoms with Crippen LogP contribution < -0.4 is 9.80 Å². The van der Waals surface area contributed by atoms with Crippen LogP contribution in [-0.2, 0) is 10.3 Å². The van der Waals surface area contributed by atoms with E-state index in [0.29, 0.717) is 5.90 Å². The summed E-state index contributed by atoms with van der Waals surface area (Å²) >= 11 is 0. The molecule has 0 saturated carbocycles. The summed E-state index contributed by atoms with van der Waals surface area (Å²) in [4.78, 5) is 9.58. The molecule has 4 nitrogen and oxygen atoms in total. The highest BCUT2D eigenvalue weighted by Gasteiger charge is 2.44. The molecule has 188 valence electrons. The van der Waals surface area contributed by atoms with E-state index in [1.54, 1.807) is 0 Å². The lowest BCUT2D eigenvalue weighted by atomic mass is 9.77. The van der Waals surface area contributed by atoms with Gasteiger partial charge in [-0.15, -0.1) is 0 Å². The molecule has 0 aliphatic carbocycles. The number of rotatable bonds is 7. The van der Waals surface area contributed by atoms with E-state index in [1.807, 2.05) is 18.2 Å². The summed E-state index contributed by atoms with van der Waals surface area (Å²) < 4.78 is 7.09. The number of nitrogens with zero attached hydrogens (tertiary/aromatic N) is 3. The first-order valence-corrected chi connectivity index (χ1v) is 13.0. The number of hydrogen-bond acceptors (Lipinski definition) is 4. The van der Waals surface area contributed by atoms with E-state index in [2.05, 4.69) is 124 Å². The third-order valence-electron chi connectivity index (χ3n) is 7.25. The minimum Gasteiger partial charge on any atom is -0.456 e. The molecule has 0 bridgehead atoms. The lowest BCUT2D eigenvalue weighted by molar-refractivity contribution is 0.137. The first-order chi connectivity index (χ1) is 18.0. The molecule has 0 aromatic heterocycles. The minimum absolute atomic E-state index is 0.623. The number of ether oxygens (including phenoxy) is 1. The average Bonchev–Trinajstić information content (AvgIpc) is 2.94. The number of anilines is 2. The number of fused-ring (bicyclic) bond motifs is 1. The van der Waals surface area contributed by atoms with Crippen molar-refractivity contribution in [3.8, 4) is 0 Å². The lowest BCUT2D eigenvalue weighted by Crippen LogP contribution is -2.38. The van der Waals surface area contributed by atoms with Crippen molar-refractivity contribution >= 4 is 23.0 Å². The summed E-state index contributed by atoms with van der Waals surface area (Å²) in [5, 5.41) is 0. The van der Waals surface area contributed by atoms with Crippen molar-refractivity contribution in [2.24, 2.45) is 4.99 Å². The molecule has 37 heavy (non-hydrogen) atoms. The van der Waals surface area contributed by atoms with Crippen LogP contribution in [-0.4, -0.2) is 33.1 Å². The zero-order valence-electron chi connectivity index (χ0n) is 22.4. The maximum absolute atomic E-state index is 7.09. The minimum atomic E-state index is -0.846. The van der Waals surface area contributed by atoms with Gasteiger partial charge in [-0.3, -0.25) is 0 Å². The van der Waals surface area contributed by atoms with Gasteiger partial charge in [0.15, 0.2) is 5.60 Å². The van der Waals surface area contributed by atoms with Crippen LogP contribution in [0.1, 0.15) is 41.7 Å². The Balaban J connectivity index is 1.80. The molecule has 4 aromatic carbocycles. The summed E-state index contributed by atoms with van der Waals surface area (Å²) in [5.74, 6) is 0.623. The molecule has 0 N–H and O–H groups in total. The summed E-state index contributed by atoms with van der Waals surface area (Å²) in [6.07, 6.45) is 0. The standard InChI is InChI=1S/C33H35N3O/c1-6-36(7-2)28-20-18-27(19-21-28)33(26-16-12-9-13-17-26)29-22-24(3)31(35(4)5)23-30(29)34-32(37-33)25-14-10-8-11-15-25/h8-23H,6-7H2,1-5H3. The summed E-state index contributed by atoms with van der Waals surface area (Å²) in [5.41, 5.74) is 7.79. The maximum Gasteiger partial charge on any atom is 0.222 e. The molecule has 1 atom stereocenters. The molecule has 0 radical (unpaired) electrons. The highest BCUT2D eigenvalue weighted by Crippen LogP contribution is 2.49. The van der Waals surface area contributed by atoms with E-state index in [0.717, 1.165) is 46.7 Å². The van der Waals surface area contributed by atoms with Crippen molar-refractivity contribution in [1.82, 2.24) is 0 Å². The fourth-order valence-corrected chi connectivity index (χ4v) is 5.34. The Hall–Kier alpha value is -4.05. The monoisotopic (exact) mass is 489 g/mol. The van der Waals surface area contributed by atoms with Crippen LogP contribution in [0, 0.1) is 6.92 Å². The summed E-state index contributed by atoms with van der Waals surface area (Å²) in [6.45, 7) is 8.48. The normalized spacial score (nSPS) is 16.4. The summed E-state index contributed by atoms with van der Waals surface area (Å²) in [6, 6.07) is 34.0. The van der Waals surface area contributed by atoms with Crippen LogP contribution in [0.15, 0.2) is 102 Å². The molecule has 1 unspecified atom stereocenters. The van der Waals surface area contributed by atoms with Crippen LogP contribution in [0.5, 0.6) is 0 Å². The van der Waals surface area contributed by atoms with Gasteiger partial charge in [0, 0.05) is 60.8 Å². The Morgan fingerprint density at radius 3 is 1.95 bits per heavy atom. The largest absolute Gasteiger partial charge is 0.456 e. The molecule has 1 aliphatic rings. The number of hydrogen-bond donors (Lipinski definition) is 0.